The molecule has 0 saturated heterocycles. The van der Waals surface area contributed by atoms with Gasteiger partial charge < -0.3 is 19.5 Å². The number of hydrogen-bond acceptors (Lipinski definition) is 7. The van der Waals surface area contributed by atoms with Gasteiger partial charge in [0.25, 0.3) is 0 Å². The maximum absolute atomic E-state index is 13.4. The van der Waals surface area contributed by atoms with Gasteiger partial charge in [0.15, 0.2) is 5.43 Å². The average molecular weight is 541 g/mol. The highest BCUT2D eigenvalue weighted by Crippen LogP contribution is 2.35. The van der Waals surface area contributed by atoms with Crippen LogP contribution in [0.5, 0.6) is 17.2 Å². The Morgan fingerprint density at radius 3 is 2.38 bits per heavy atom. The molecule has 5 aromatic rings. The van der Waals surface area contributed by atoms with E-state index >= 15 is 0 Å². The summed E-state index contributed by atoms with van der Waals surface area (Å²) in [6, 6.07) is 21.4. The number of fused-ring (bicyclic) bond motifs is 2. The lowest BCUT2D eigenvalue weighted by Crippen LogP contribution is -2.19. The molecule has 0 aliphatic heterocycles. The third-order valence-electron chi connectivity index (χ3n) is 6.56. The molecule has 2 heterocycles. The highest BCUT2D eigenvalue weighted by Gasteiger charge is 2.13. The van der Waals surface area contributed by atoms with Crippen LogP contribution in [0.4, 0.5) is 0 Å². The Balaban J connectivity index is 1.34. The third-order valence-corrected chi connectivity index (χ3v) is 7.74. The maximum atomic E-state index is 13.4. The molecule has 0 fully saturated rings. The maximum Gasteiger partial charge on any atom is 0.196 e. The molecule has 0 saturated carbocycles. The van der Waals surface area contributed by atoms with Crippen molar-refractivity contribution in [3.63, 3.8) is 0 Å². The number of aliphatic hydroxyl groups is 1. The predicted octanol–water partition coefficient (Wildman–Crippen LogP) is 6.13. The number of benzene rings is 3. The van der Waals surface area contributed by atoms with Crippen molar-refractivity contribution in [3.8, 4) is 17.2 Å². The second-order valence-corrected chi connectivity index (χ2v) is 11.0. The fraction of sp³-hybridized carbons (Fsp3) is 0.250. The molecule has 0 amide bonds. The summed E-state index contributed by atoms with van der Waals surface area (Å²) < 4.78 is 13.9. The minimum atomic E-state index is 0.00322. The van der Waals surface area contributed by atoms with E-state index in [1.54, 1.807) is 17.5 Å². The Kier molecular flexibility index (Phi) is 8.21. The fourth-order valence-electron chi connectivity index (χ4n) is 4.39. The lowest BCUT2D eigenvalue weighted by atomic mass is 10.1. The van der Waals surface area contributed by atoms with Crippen LogP contribution in [-0.4, -0.2) is 42.2 Å². The monoisotopic (exact) mass is 540 g/mol. The van der Waals surface area contributed by atoms with Gasteiger partial charge in [-0.2, -0.15) is 0 Å². The highest BCUT2D eigenvalue weighted by atomic mass is 32.1. The van der Waals surface area contributed by atoms with E-state index in [9.17, 15) is 9.90 Å². The van der Waals surface area contributed by atoms with Crippen LogP contribution in [0.1, 0.15) is 22.4 Å². The van der Waals surface area contributed by atoms with Crippen molar-refractivity contribution in [2.45, 2.75) is 26.4 Å². The first kappa shape index (κ1) is 26.8. The first-order valence-electron chi connectivity index (χ1n) is 13.0. The number of ether oxygens (including phenoxy) is 2. The number of aryl methyl sites for hydroxylation is 3. The highest BCUT2D eigenvalue weighted by molar-refractivity contribution is 7.24. The minimum absolute atomic E-state index is 0.00322. The van der Waals surface area contributed by atoms with Crippen molar-refractivity contribution in [1.29, 1.82) is 0 Å². The van der Waals surface area contributed by atoms with Crippen molar-refractivity contribution in [2.24, 2.45) is 0 Å². The molecule has 1 N–H and O–H groups in total. The van der Waals surface area contributed by atoms with Gasteiger partial charge in [-0.15, -0.1) is 11.3 Å². The molecule has 7 heteroatoms. The molecule has 0 atom stereocenters. The van der Waals surface area contributed by atoms with Gasteiger partial charge in [0.1, 0.15) is 23.9 Å². The van der Waals surface area contributed by atoms with E-state index in [2.05, 4.69) is 9.88 Å². The Morgan fingerprint density at radius 1 is 0.897 bits per heavy atom. The van der Waals surface area contributed by atoms with E-state index in [1.165, 1.54) is 5.56 Å². The second-order valence-electron chi connectivity index (χ2n) is 9.94. The minimum Gasteiger partial charge on any atom is -0.491 e. The topological polar surface area (TPSA) is 71.9 Å². The Hall–Kier alpha value is -3.78. The summed E-state index contributed by atoms with van der Waals surface area (Å²) in [7, 11) is 4.02. The van der Waals surface area contributed by atoms with E-state index in [1.807, 2.05) is 87.7 Å². The summed E-state index contributed by atoms with van der Waals surface area (Å²) in [4.78, 5) is 20.0. The van der Waals surface area contributed by atoms with Gasteiger partial charge in [-0.05, 0) is 93.0 Å². The van der Waals surface area contributed by atoms with Crippen LogP contribution >= 0.6 is 11.3 Å². The lowest BCUT2D eigenvalue weighted by molar-refractivity contribution is 0.264. The summed E-state index contributed by atoms with van der Waals surface area (Å²) in [5, 5.41) is 10.6. The van der Waals surface area contributed by atoms with E-state index in [-0.39, 0.29) is 12.0 Å². The van der Waals surface area contributed by atoms with Crippen LogP contribution in [0.3, 0.4) is 0 Å². The molecule has 3 aromatic carbocycles. The molecule has 6 nitrogen and oxygen atoms in total. The van der Waals surface area contributed by atoms with Gasteiger partial charge in [-0.25, -0.2) is 0 Å². The van der Waals surface area contributed by atoms with Crippen LogP contribution in [-0.2, 0) is 19.4 Å². The van der Waals surface area contributed by atoms with Gasteiger partial charge in [0, 0.05) is 27.7 Å². The summed E-state index contributed by atoms with van der Waals surface area (Å²) in [5.41, 5.74) is 4.11. The van der Waals surface area contributed by atoms with Crippen molar-refractivity contribution in [1.82, 2.24) is 9.88 Å². The van der Waals surface area contributed by atoms with E-state index in [0.29, 0.717) is 28.9 Å². The van der Waals surface area contributed by atoms with E-state index in [4.69, 9.17) is 9.47 Å². The number of rotatable bonds is 10. The lowest BCUT2D eigenvalue weighted by Gasteiger charge is -2.14. The normalized spacial score (nSPS) is 11.4. The molecule has 2 aromatic heterocycles. The van der Waals surface area contributed by atoms with Gasteiger partial charge in [-0.1, -0.05) is 24.3 Å². The van der Waals surface area contributed by atoms with Crippen LogP contribution in [0.15, 0.2) is 77.7 Å². The summed E-state index contributed by atoms with van der Waals surface area (Å²) in [6.07, 6.45) is 3.42. The molecular formula is C32H32N2O4S. The smallest absolute Gasteiger partial charge is 0.196 e. The number of pyridine rings is 1. The van der Waals surface area contributed by atoms with Crippen molar-refractivity contribution in [3.05, 3.63) is 106 Å². The zero-order valence-electron chi connectivity index (χ0n) is 22.4. The Bertz CT molecular complexity index is 1640. The van der Waals surface area contributed by atoms with Gasteiger partial charge in [0.2, 0.25) is 0 Å². The van der Waals surface area contributed by atoms with Crippen molar-refractivity contribution < 1.29 is 14.6 Å². The fourth-order valence-corrected chi connectivity index (χ4v) is 5.54. The van der Waals surface area contributed by atoms with Crippen LogP contribution in [0, 0.1) is 6.92 Å². The van der Waals surface area contributed by atoms with Gasteiger partial charge >= 0.3 is 0 Å². The standard InChI is InChI=1S/C32H32N2O4S/c1-21-16-28-31(36)27-13-12-25(18-30(27)39-32(28)29(17-21)37-15-14-34(2)3)38-26-11-10-24(33-19-26)9-8-22-4-6-23(20-35)7-5-22/h4-7,10-13,16-19,35H,8-9,14-15,20H2,1-3H3. The SMILES string of the molecule is Cc1cc(OCCN(C)C)c2sc3cc(Oc4ccc(CCc5ccc(CO)cc5)nc4)ccc3c(=O)c2c1. The van der Waals surface area contributed by atoms with Crippen LogP contribution < -0.4 is 14.9 Å². The molecule has 0 aliphatic carbocycles. The zero-order chi connectivity index (χ0) is 27.4. The zero-order valence-corrected chi connectivity index (χ0v) is 23.3. The molecule has 0 spiro atoms. The number of nitrogens with zero attached hydrogens (tertiary/aromatic N) is 2. The van der Waals surface area contributed by atoms with Gasteiger partial charge in [-0.3, -0.25) is 9.78 Å². The number of hydrogen-bond donors (Lipinski definition) is 1. The quantitative estimate of drug-likeness (QED) is 0.215. The molecule has 0 bridgehead atoms. The Labute approximate surface area is 232 Å². The third kappa shape index (κ3) is 6.45. The number of aromatic nitrogens is 1. The molecule has 5 rings (SSSR count). The average Bonchev–Trinajstić information content (AvgIpc) is 2.93. The van der Waals surface area contributed by atoms with Crippen LogP contribution in [0.25, 0.3) is 20.2 Å². The summed E-state index contributed by atoms with van der Waals surface area (Å²) in [5.74, 6) is 2.03. The van der Waals surface area contributed by atoms with Crippen LogP contribution in [0.2, 0.25) is 0 Å². The largest absolute Gasteiger partial charge is 0.491 e. The molecular weight excluding hydrogens is 508 g/mol. The van der Waals surface area contributed by atoms with Crippen molar-refractivity contribution >= 4 is 31.5 Å². The van der Waals surface area contributed by atoms with Crippen molar-refractivity contribution in [2.75, 3.05) is 27.2 Å². The first-order valence-corrected chi connectivity index (χ1v) is 13.8. The number of aliphatic hydroxyl groups excluding tert-OH is 1. The van der Waals surface area contributed by atoms with E-state index < -0.39 is 0 Å². The molecule has 39 heavy (non-hydrogen) atoms. The molecule has 0 aliphatic rings. The number of likely N-dealkylation sites (N-methyl/N-ethyl adjacent to an activating group) is 1. The van der Waals surface area contributed by atoms with E-state index in [0.717, 1.165) is 51.4 Å². The first-order chi connectivity index (χ1) is 18.9. The molecule has 200 valence electrons. The van der Waals surface area contributed by atoms with Gasteiger partial charge in [0.05, 0.1) is 17.5 Å². The summed E-state index contributed by atoms with van der Waals surface area (Å²) >= 11 is 1.55. The predicted molar refractivity (Wildman–Crippen MR) is 158 cm³/mol. The summed E-state index contributed by atoms with van der Waals surface area (Å²) in [6.45, 7) is 3.38. The Morgan fingerprint density at radius 2 is 1.67 bits per heavy atom. The molecule has 0 radical (unpaired) electrons. The second kappa shape index (κ2) is 11.9. The molecule has 0 unspecified atom stereocenters.